The highest BCUT2D eigenvalue weighted by Crippen LogP contribution is 2.44. The van der Waals surface area contributed by atoms with Gasteiger partial charge in [-0.1, -0.05) is 55.5 Å². The van der Waals surface area contributed by atoms with Gasteiger partial charge in [-0.2, -0.15) is 0 Å². The van der Waals surface area contributed by atoms with Crippen molar-refractivity contribution in [3.8, 4) is 28.2 Å². The van der Waals surface area contributed by atoms with Gasteiger partial charge in [0.05, 0.1) is 24.2 Å². The molecule has 7 rings (SSSR count). The molecule has 4 N–H and O–H groups in total. The summed E-state index contributed by atoms with van der Waals surface area (Å²) < 4.78 is 6.98. The van der Waals surface area contributed by atoms with Crippen molar-refractivity contribution in [1.82, 2.24) is 14.5 Å². The van der Waals surface area contributed by atoms with Gasteiger partial charge < -0.3 is 15.8 Å². The van der Waals surface area contributed by atoms with Crippen molar-refractivity contribution in [2.75, 3.05) is 17.7 Å². The molecule has 4 aromatic rings. The number of rotatable bonds is 4. The van der Waals surface area contributed by atoms with Crippen LogP contribution in [-0.2, 0) is 10.3 Å². The average Bonchev–Trinajstić information content (AvgIpc) is 3.31. The van der Waals surface area contributed by atoms with E-state index < -0.39 is 6.09 Å². The number of hydrogen-bond acceptors (Lipinski definition) is 6. The number of fused-ring (bicyclic) bond motifs is 4. The fraction of sp³-hybridized carbons (Fsp3) is 0.242. The number of methoxy groups -OCH3 is 1. The number of nitrogens with zero attached hydrogens (tertiary/aromatic N) is 3. The maximum absolute atomic E-state index is 11.8. The molecule has 206 valence electrons. The van der Waals surface area contributed by atoms with Crippen molar-refractivity contribution in [3.63, 3.8) is 0 Å². The number of anilines is 2. The molecule has 1 saturated carbocycles. The largest absolute Gasteiger partial charge is 0.453 e. The summed E-state index contributed by atoms with van der Waals surface area (Å²) >= 11 is 0. The van der Waals surface area contributed by atoms with E-state index in [1.807, 2.05) is 36.5 Å². The molecule has 2 aromatic carbocycles. The monoisotopic (exact) mass is 544 g/mol. The van der Waals surface area contributed by atoms with Crippen molar-refractivity contribution in [2.24, 2.45) is 11.7 Å². The van der Waals surface area contributed by atoms with Gasteiger partial charge in [0.2, 0.25) is 0 Å². The third kappa shape index (κ3) is 4.31. The third-order valence-electron chi connectivity index (χ3n) is 8.43. The molecule has 3 heterocycles. The summed E-state index contributed by atoms with van der Waals surface area (Å²) in [5, 5.41) is 6.35. The molecular formula is C33H32N6O2. The first-order valence-corrected chi connectivity index (χ1v) is 14.1. The van der Waals surface area contributed by atoms with Crippen LogP contribution in [0, 0.1) is 5.92 Å². The number of aromatic nitrogens is 3. The standard InChI is InChI=1S/C33H32N6O2/c1-20-6-15-25-26(19-20)37-30-27(5-3-18-35-30)39-29(22-7-11-23(12-8-22)33(34)16-4-17-33)28(38-31(25)39)21-9-13-24(14-10-21)36-32(40)41-2/h3,5-15,18,20H,4,16-17,19,34H2,1-2H3,(H,35,37)(H,36,40). The molecule has 1 atom stereocenters. The van der Waals surface area contributed by atoms with E-state index in [2.05, 4.69) is 64.6 Å². The Morgan fingerprint density at radius 2 is 1.85 bits per heavy atom. The molecule has 0 spiro atoms. The first-order chi connectivity index (χ1) is 19.9. The number of amides is 1. The van der Waals surface area contributed by atoms with Crippen LogP contribution in [0.3, 0.4) is 0 Å². The molecule has 3 aliphatic rings. The molecule has 41 heavy (non-hydrogen) atoms. The van der Waals surface area contributed by atoms with Crippen LogP contribution >= 0.6 is 0 Å². The molecular weight excluding hydrogens is 512 g/mol. The van der Waals surface area contributed by atoms with Gasteiger partial charge >= 0.3 is 6.09 Å². The van der Waals surface area contributed by atoms with Crippen molar-refractivity contribution in [1.29, 1.82) is 0 Å². The van der Waals surface area contributed by atoms with Crippen LogP contribution in [0.25, 0.3) is 33.8 Å². The fourth-order valence-corrected chi connectivity index (χ4v) is 6.00. The van der Waals surface area contributed by atoms with E-state index in [9.17, 15) is 4.79 Å². The molecule has 0 radical (unpaired) electrons. The Balaban J connectivity index is 1.45. The second-order valence-electron chi connectivity index (χ2n) is 11.2. The van der Waals surface area contributed by atoms with Crippen LogP contribution in [0.15, 0.2) is 84.7 Å². The molecule has 1 aliphatic heterocycles. The third-order valence-corrected chi connectivity index (χ3v) is 8.43. The summed E-state index contributed by atoms with van der Waals surface area (Å²) in [4.78, 5) is 21.8. The predicted octanol–water partition coefficient (Wildman–Crippen LogP) is 6.85. The predicted molar refractivity (Wildman–Crippen MR) is 161 cm³/mol. The Bertz CT molecular complexity index is 1710. The molecule has 1 unspecified atom stereocenters. The smallest absolute Gasteiger partial charge is 0.411 e. The second-order valence-corrected chi connectivity index (χ2v) is 11.2. The Morgan fingerprint density at radius 3 is 2.56 bits per heavy atom. The summed E-state index contributed by atoms with van der Waals surface area (Å²) in [6.07, 6.45) is 9.79. The molecule has 1 fully saturated rings. The van der Waals surface area contributed by atoms with Gasteiger partial charge in [-0.25, -0.2) is 14.8 Å². The van der Waals surface area contributed by atoms with Crippen LogP contribution in [-0.4, -0.2) is 27.7 Å². The lowest BCUT2D eigenvalue weighted by Crippen LogP contribution is -2.43. The van der Waals surface area contributed by atoms with E-state index in [1.54, 1.807) is 0 Å². The van der Waals surface area contributed by atoms with Crippen LogP contribution < -0.4 is 16.4 Å². The lowest BCUT2D eigenvalue weighted by Gasteiger charge is -2.38. The van der Waals surface area contributed by atoms with E-state index in [0.717, 1.165) is 70.4 Å². The quantitative estimate of drug-likeness (QED) is 0.259. The Morgan fingerprint density at radius 1 is 1.10 bits per heavy atom. The summed E-state index contributed by atoms with van der Waals surface area (Å²) in [5.41, 5.74) is 15.1. The van der Waals surface area contributed by atoms with Crippen molar-refractivity contribution >= 4 is 23.2 Å². The van der Waals surface area contributed by atoms with E-state index >= 15 is 0 Å². The van der Waals surface area contributed by atoms with Crippen LogP contribution in [0.5, 0.6) is 0 Å². The van der Waals surface area contributed by atoms with Gasteiger partial charge in [0.15, 0.2) is 5.82 Å². The van der Waals surface area contributed by atoms with Crippen molar-refractivity contribution in [3.05, 3.63) is 96.1 Å². The molecule has 0 bridgehead atoms. The number of carbonyl (C=O) groups is 1. The van der Waals surface area contributed by atoms with Gasteiger partial charge in [0.1, 0.15) is 5.82 Å². The molecule has 2 aromatic heterocycles. The molecule has 1 amide bonds. The topological polar surface area (TPSA) is 107 Å². The zero-order valence-corrected chi connectivity index (χ0v) is 23.1. The zero-order valence-electron chi connectivity index (χ0n) is 23.1. The number of ether oxygens (including phenoxy) is 1. The van der Waals surface area contributed by atoms with Gasteiger partial charge in [-0.3, -0.25) is 9.88 Å². The van der Waals surface area contributed by atoms with Crippen molar-refractivity contribution in [2.45, 2.75) is 38.1 Å². The Hall–Kier alpha value is -4.69. The minimum Gasteiger partial charge on any atom is -0.453 e. The normalized spacial score (nSPS) is 18.3. The van der Waals surface area contributed by atoms with Crippen molar-refractivity contribution < 1.29 is 9.53 Å². The van der Waals surface area contributed by atoms with E-state index in [0.29, 0.717) is 11.6 Å². The minimum absolute atomic E-state index is 0.234. The average molecular weight is 545 g/mol. The number of pyridine rings is 1. The number of allylic oxidation sites excluding steroid dienone is 4. The maximum atomic E-state index is 11.8. The number of imidazole rings is 1. The van der Waals surface area contributed by atoms with Crippen LogP contribution in [0.1, 0.15) is 44.0 Å². The van der Waals surface area contributed by atoms with Crippen LogP contribution in [0.4, 0.5) is 16.3 Å². The van der Waals surface area contributed by atoms with Gasteiger partial charge in [-0.05, 0) is 61.4 Å². The lowest BCUT2D eigenvalue weighted by atomic mass is 9.72. The van der Waals surface area contributed by atoms with Gasteiger partial charge in [-0.15, -0.1) is 0 Å². The summed E-state index contributed by atoms with van der Waals surface area (Å²) in [6, 6.07) is 20.4. The highest BCUT2D eigenvalue weighted by Gasteiger charge is 2.35. The highest BCUT2D eigenvalue weighted by atomic mass is 16.5. The number of hydrogen-bond donors (Lipinski definition) is 3. The Kier molecular flexibility index (Phi) is 6.01. The number of carbonyl (C=O) groups excluding carboxylic acids is 1. The number of nitrogens with one attached hydrogen (secondary N) is 2. The lowest BCUT2D eigenvalue weighted by molar-refractivity contribution is 0.187. The fourth-order valence-electron chi connectivity index (χ4n) is 6.00. The number of nitrogens with two attached hydrogens (primary N) is 1. The first-order valence-electron chi connectivity index (χ1n) is 14.1. The SMILES string of the molecule is COC(=O)Nc1ccc(-c2nc3n(c2-c2ccc(C4(N)CCC4)cc2)-c2cccnc2NC2=C3C=CC(C)C2)cc1. The van der Waals surface area contributed by atoms with E-state index in [4.69, 9.17) is 20.4 Å². The molecule has 2 aliphatic carbocycles. The first kappa shape index (κ1) is 25.3. The summed E-state index contributed by atoms with van der Waals surface area (Å²) in [5.74, 6) is 2.07. The number of benzene rings is 2. The zero-order chi connectivity index (χ0) is 28.1. The summed E-state index contributed by atoms with van der Waals surface area (Å²) in [7, 11) is 1.35. The Labute approximate surface area is 239 Å². The maximum Gasteiger partial charge on any atom is 0.411 e. The molecule has 8 heteroatoms. The minimum atomic E-state index is -0.509. The van der Waals surface area contributed by atoms with Gasteiger partial charge in [0, 0.05) is 39.8 Å². The highest BCUT2D eigenvalue weighted by molar-refractivity contribution is 5.90. The van der Waals surface area contributed by atoms with E-state index in [-0.39, 0.29) is 5.54 Å². The van der Waals surface area contributed by atoms with Gasteiger partial charge in [0.25, 0.3) is 0 Å². The molecule has 0 saturated heterocycles. The summed E-state index contributed by atoms with van der Waals surface area (Å²) in [6.45, 7) is 2.22. The molecule has 8 nitrogen and oxygen atoms in total. The second kappa shape index (κ2) is 9.74. The van der Waals surface area contributed by atoms with E-state index in [1.165, 1.54) is 19.1 Å². The van der Waals surface area contributed by atoms with Crippen LogP contribution in [0.2, 0.25) is 0 Å².